The van der Waals surface area contributed by atoms with Crippen LogP contribution in [0.25, 0.3) is 0 Å². The zero-order valence-electron chi connectivity index (χ0n) is 9.23. The van der Waals surface area contributed by atoms with Crippen LogP contribution in [0.5, 0.6) is 0 Å². The summed E-state index contributed by atoms with van der Waals surface area (Å²) in [7, 11) is 0. The van der Waals surface area contributed by atoms with Gasteiger partial charge in [0, 0.05) is 11.5 Å². The third-order valence-electron chi connectivity index (χ3n) is 2.59. The molecule has 0 unspecified atom stereocenters. The van der Waals surface area contributed by atoms with Gasteiger partial charge in [-0.15, -0.1) is 11.8 Å². The first-order chi connectivity index (χ1) is 7.81. The van der Waals surface area contributed by atoms with E-state index in [1.807, 2.05) is 30.5 Å². The first kappa shape index (κ1) is 11.5. The van der Waals surface area contributed by atoms with Crippen LogP contribution in [0.2, 0.25) is 0 Å². The van der Waals surface area contributed by atoms with Crippen LogP contribution in [-0.2, 0) is 9.53 Å². The van der Waals surface area contributed by atoms with Crippen molar-refractivity contribution in [2.24, 2.45) is 0 Å². The average Bonchev–Trinajstić information content (AvgIpc) is 2.83. The first-order valence-corrected chi connectivity index (χ1v) is 6.59. The summed E-state index contributed by atoms with van der Waals surface area (Å²) in [5, 5.41) is 2.92. The Morgan fingerprint density at radius 1 is 1.50 bits per heavy atom. The predicted octanol–water partition coefficient (Wildman–Crippen LogP) is 2.53. The molecule has 2 rings (SSSR count). The molecular formula is C12H15NO2S. The zero-order valence-corrected chi connectivity index (χ0v) is 10.0. The van der Waals surface area contributed by atoms with Crippen molar-refractivity contribution in [3.8, 4) is 0 Å². The molecule has 0 radical (unpaired) electrons. The summed E-state index contributed by atoms with van der Waals surface area (Å²) in [5.74, 6) is -0.0287. The Balaban J connectivity index is 2.05. The molecule has 4 heteroatoms. The molecular weight excluding hydrogens is 222 g/mol. The first-order valence-electron chi connectivity index (χ1n) is 5.37. The summed E-state index contributed by atoms with van der Waals surface area (Å²) < 4.78 is 5.34. The molecule has 0 aliphatic carbocycles. The van der Waals surface area contributed by atoms with Gasteiger partial charge in [-0.05, 0) is 31.2 Å². The largest absolute Gasteiger partial charge is 0.368 e. The van der Waals surface area contributed by atoms with Crippen LogP contribution in [0.15, 0.2) is 29.2 Å². The van der Waals surface area contributed by atoms with Crippen LogP contribution in [0.4, 0.5) is 5.69 Å². The minimum absolute atomic E-state index is 0.0287. The predicted molar refractivity (Wildman–Crippen MR) is 65.8 cm³/mol. The molecule has 16 heavy (non-hydrogen) atoms. The Bertz CT molecular complexity index is 375. The second-order valence-corrected chi connectivity index (χ2v) is 4.54. The van der Waals surface area contributed by atoms with Crippen molar-refractivity contribution in [1.82, 2.24) is 0 Å². The lowest BCUT2D eigenvalue weighted by molar-refractivity contribution is -0.124. The van der Waals surface area contributed by atoms with E-state index in [0.717, 1.165) is 23.4 Å². The fourth-order valence-corrected chi connectivity index (χ4v) is 2.30. The standard InChI is InChI=1S/C12H15NO2S/c1-16-11-7-3-2-5-9(11)13-12(14)10-6-4-8-15-10/h2-3,5,7,10H,4,6,8H2,1H3,(H,13,14)/t10-/m0/s1. The SMILES string of the molecule is CSc1ccccc1NC(=O)[C@@H]1CCCO1. The quantitative estimate of drug-likeness (QED) is 0.821. The minimum Gasteiger partial charge on any atom is -0.368 e. The molecule has 1 aromatic rings. The molecule has 86 valence electrons. The molecule has 0 bridgehead atoms. The second kappa shape index (κ2) is 5.37. The molecule has 0 saturated carbocycles. The molecule has 1 saturated heterocycles. The molecule has 0 aromatic heterocycles. The lowest BCUT2D eigenvalue weighted by atomic mass is 10.2. The van der Waals surface area contributed by atoms with Crippen LogP contribution >= 0.6 is 11.8 Å². The van der Waals surface area contributed by atoms with E-state index in [0.29, 0.717) is 6.61 Å². The van der Waals surface area contributed by atoms with E-state index in [-0.39, 0.29) is 12.0 Å². The monoisotopic (exact) mass is 237 g/mol. The minimum atomic E-state index is -0.269. The number of carbonyl (C=O) groups excluding carboxylic acids is 1. The molecule has 1 heterocycles. The third-order valence-corrected chi connectivity index (χ3v) is 3.38. The molecule has 1 aromatic carbocycles. The van der Waals surface area contributed by atoms with Crippen molar-refractivity contribution < 1.29 is 9.53 Å². The fourth-order valence-electron chi connectivity index (χ4n) is 1.75. The van der Waals surface area contributed by atoms with Gasteiger partial charge < -0.3 is 10.1 Å². The molecule has 3 nitrogen and oxygen atoms in total. The molecule has 1 aliphatic rings. The van der Waals surface area contributed by atoms with E-state index in [9.17, 15) is 4.79 Å². The van der Waals surface area contributed by atoms with Gasteiger partial charge in [-0.3, -0.25) is 4.79 Å². The number of carbonyl (C=O) groups is 1. The number of benzene rings is 1. The second-order valence-electron chi connectivity index (χ2n) is 3.69. The summed E-state index contributed by atoms with van der Waals surface area (Å²) in [5.41, 5.74) is 0.871. The van der Waals surface area contributed by atoms with Crippen molar-refractivity contribution in [3.63, 3.8) is 0 Å². The van der Waals surface area contributed by atoms with Gasteiger partial charge in [-0.1, -0.05) is 12.1 Å². The van der Waals surface area contributed by atoms with Crippen LogP contribution < -0.4 is 5.32 Å². The topological polar surface area (TPSA) is 38.3 Å². The molecule has 0 spiro atoms. The van der Waals surface area contributed by atoms with Gasteiger partial charge in [0.05, 0.1) is 5.69 Å². The van der Waals surface area contributed by atoms with Gasteiger partial charge in [-0.25, -0.2) is 0 Å². The Labute approximate surface area is 99.6 Å². The van der Waals surface area contributed by atoms with E-state index in [1.54, 1.807) is 11.8 Å². The molecule has 1 aliphatic heterocycles. The lowest BCUT2D eigenvalue weighted by Crippen LogP contribution is -2.27. The van der Waals surface area contributed by atoms with Crippen LogP contribution in [0.3, 0.4) is 0 Å². The van der Waals surface area contributed by atoms with E-state index in [1.165, 1.54) is 0 Å². The zero-order chi connectivity index (χ0) is 11.4. The van der Waals surface area contributed by atoms with Crippen LogP contribution in [0.1, 0.15) is 12.8 Å². The number of ether oxygens (including phenoxy) is 1. The highest BCUT2D eigenvalue weighted by Gasteiger charge is 2.23. The highest BCUT2D eigenvalue weighted by Crippen LogP contribution is 2.25. The highest BCUT2D eigenvalue weighted by atomic mass is 32.2. The Morgan fingerprint density at radius 2 is 2.31 bits per heavy atom. The van der Waals surface area contributed by atoms with Gasteiger partial charge >= 0.3 is 0 Å². The maximum atomic E-state index is 11.8. The number of hydrogen-bond donors (Lipinski definition) is 1. The Morgan fingerprint density at radius 3 is 3.00 bits per heavy atom. The van der Waals surface area contributed by atoms with E-state index >= 15 is 0 Å². The van der Waals surface area contributed by atoms with Crippen molar-refractivity contribution in [2.45, 2.75) is 23.8 Å². The normalized spacial score (nSPS) is 19.7. The fraction of sp³-hybridized carbons (Fsp3) is 0.417. The smallest absolute Gasteiger partial charge is 0.253 e. The highest BCUT2D eigenvalue weighted by molar-refractivity contribution is 7.98. The maximum absolute atomic E-state index is 11.8. The number of rotatable bonds is 3. The van der Waals surface area contributed by atoms with Crippen molar-refractivity contribution >= 4 is 23.4 Å². The summed E-state index contributed by atoms with van der Waals surface area (Å²) in [6.45, 7) is 0.697. The number of hydrogen-bond acceptors (Lipinski definition) is 3. The number of amides is 1. The lowest BCUT2D eigenvalue weighted by Gasteiger charge is -2.12. The number of para-hydroxylation sites is 1. The molecule has 1 fully saturated rings. The maximum Gasteiger partial charge on any atom is 0.253 e. The summed E-state index contributed by atoms with van der Waals surface area (Å²) in [4.78, 5) is 12.9. The molecule has 1 N–H and O–H groups in total. The van der Waals surface area contributed by atoms with Gasteiger partial charge in [0.25, 0.3) is 5.91 Å². The van der Waals surface area contributed by atoms with E-state index in [4.69, 9.17) is 4.74 Å². The van der Waals surface area contributed by atoms with Crippen molar-refractivity contribution in [1.29, 1.82) is 0 Å². The van der Waals surface area contributed by atoms with E-state index in [2.05, 4.69) is 5.32 Å². The van der Waals surface area contributed by atoms with Crippen LogP contribution in [0, 0.1) is 0 Å². The third kappa shape index (κ3) is 2.57. The average molecular weight is 237 g/mol. The number of thioether (sulfide) groups is 1. The van der Waals surface area contributed by atoms with Gasteiger partial charge in [0.1, 0.15) is 6.10 Å². The van der Waals surface area contributed by atoms with Gasteiger partial charge in [0.2, 0.25) is 0 Å². The Kier molecular flexibility index (Phi) is 3.85. The van der Waals surface area contributed by atoms with Crippen molar-refractivity contribution in [3.05, 3.63) is 24.3 Å². The van der Waals surface area contributed by atoms with Crippen LogP contribution in [-0.4, -0.2) is 24.9 Å². The summed E-state index contributed by atoms with van der Waals surface area (Å²) in [6, 6.07) is 7.80. The molecule has 1 atom stereocenters. The number of nitrogens with one attached hydrogen (secondary N) is 1. The van der Waals surface area contributed by atoms with Gasteiger partial charge in [0.15, 0.2) is 0 Å². The van der Waals surface area contributed by atoms with E-state index < -0.39 is 0 Å². The number of anilines is 1. The van der Waals surface area contributed by atoms with Gasteiger partial charge in [-0.2, -0.15) is 0 Å². The van der Waals surface area contributed by atoms with Crippen molar-refractivity contribution in [2.75, 3.05) is 18.2 Å². The molecule has 1 amide bonds. The Hall–Kier alpha value is -1.00. The summed E-state index contributed by atoms with van der Waals surface area (Å²) >= 11 is 1.62. The summed E-state index contributed by atoms with van der Waals surface area (Å²) in [6.07, 6.45) is 3.53.